The molecule has 1 rings (SSSR count). The fraction of sp³-hybridized carbons (Fsp3) is 0.500. The first-order chi connectivity index (χ1) is 8.80. The Labute approximate surface area is 114 Å². The molecule has 0 aliphatic rings. The molecule has 0 aliphatic carbocycles. The lowest BCUT2D eigenvalue weighted by Crippen LogP contribution is -2.23. The van der Waals surface area contributed by atoms with Crippen LogP contribution in [0.5, 0.6) is 0 Å². The monoisotopic (exact) mass is 265 g/mol. The van der Waals surface area contributed by atoms with Crippen LogP contribution in [0.25, 0.3) is 0 Å². The quantitative estimate of drug-likeness (QED) is 0.521. The lowest BCUT2D eigenvalue weighted by molar-refractivity contribution is 0.324. The second-order valence-corrected chi connectivity index (χ2v) is 5.12. The maximum absolute atomic E-state index is 4.63. The molecule has 0 aliphatic heterocycles. The minimum absolute atomic E-state index is 0.863. The summed E-state index contributed by atoms with van der Waals surface area (Å²) < 4.78 is 0. The van der Waals surface area contributed by atoms with E-state index < -0.39 is 0 Å². The van der Waals surface area contributed by atoms with Gasteiger partial charge in [0.1, 0.15) is 5.01 Å². The van der Waals surface area contributed by atoms with E-state index in [0.717, 1.165) is 49.8 Å². The topological polar surface area (TPSA) is 28.2 Å². The summed E-state index contributed by atoms with van der Waals surface area (Å²) in [5.41, 5.74) is 1.14. The highest BCUT2D eigenvalue weighted by Crippen LogP contribution is 2.11. The summed E-state index contributed by atoms with van der Waals surface area (Å²) in [7, 11) is 0. The number of nitrogens with zero attached hydrogens (tertiary/aromatic N) is 2. The van der Waals surface area contributed by atoms with Gasteiger partial charge in [0, 0.05) is 31.6 Å². The molecule has 0 saturated heterocycles. The van der Waals surface area contributed by atoms with E-state index >= 15 is 0 Å². The van der Waals surface area contributed by atoms with Crippen LogP contribution in [0.3, 0.4) is 0 Å². The molecule has 1 N–H and O–H groups in total. The number of hydrogen-bond acceptors (Lipinski definition) is 4. The van der Waals surface area contributed by atoms with E-state index in [1.165, 1.54) is 0 Å². The van der Waals surface area contributed by atoms with Crippen molar-refractivity contribution in [2.75, 3.05) is 19.6 Å². The van der Waals surface area contributed by atoms with Crippen LogP contribution in [0.1, 0.15) is 24.0 Å². The van der Waals surface area contributed by atoms with Gasteiger partial charge in [-0.1, -0.05) is 19.1 Å². The van der Waals surface area contributed by atoms with Gasteiger partial charge < -0.3 is 5.32 Å². The van der Waals surface area contributed by atoms with E-state index in [-0.39, 0.29) is 0 Å². The Bertz CT molecular complexity index is 350. The highest BCUT2D eigenvalue weighted by Gasteiger charge is 2.06. The summed E-state index contributed by atoms with van der Waals surface area (Å²) in [6.07, 6.45) is 4.99. The summed E-state index contributed by atoms with van der Waals surface area (Å²) in [6.45, 7) is 14.2. The number of aromatic nitrogens is 1. The second-order valence-electron chi connectivity index (χ2n) is 4.18. The average Bonchev–Trinajstić information content (AvgIpc) is 2.78. The Morgan fingerprint density at radius 2 is 2.11 bits per heavy atom. The van der Waals surface area contributed by atoms with Crippen LogP contribution in [-0.4, -0.2) is 29.5 Å². The lowest BCUT2D eigenvalue weighted by Gasteiger charge is -2.16. The van der Waals surface area contributed by atoms with Gasteiger partial charge in [-0.15, -0.1) is 24.5 Å². The van der Waals surface area contributed by atoms with Crippen LogP contribution in [0, 0.1) is 0 Å². The Balaban J connectivity index is 2.45. The third-order valence-corrected chi connectivity index (χ3v) is 3.36. The van der Waals surface area contributed by atoms with Gasteiger partial charge in [0.15, 0.2) is 0 Å². The molecule has 0 saturated carbocycles. The van der Waals surface area contributed by atoms with Gasteiger partial charge >= 0.3 is 0 Å². The third kappa shape index (κ3) is 5.58. The third-order valence-electron chi connectivity index (χ3n) is 2.46. The molecule has 0 unspecified atom stereocenters. The van der Waals surface area contributed by atoms with Crippen molar-refractivity contribution < 1.29 is 0 Å². The molecule has 1 aromatic heterocycles. The standard InChI is InChI=1S/C14H23N3S/c1-4-7-15-10-14-16-13(12-18-14)11-17(8-5-2)9-6-3/h5-6,12,15H,2-4,7-11H2,1H3. The fourth-order valence-corrected chi connectivity index (χ4v) is 2.43. The molecule has 0 spiro atoms. The molecular formula is C14H23N3S. The summed E-state index contributed by atoms with van der Waals surface area (Å²) in [5, 5.41) is 6.67. The molecule has 0 bridgehead atoms. The van der Waals surface area contributed by atoms with E-state index in [1.807, 2.05) is 12.2 Å². The minimum Gasteiger partial charge on any atom is -0.310 e. The van der Waals surface area contributed by atoms with Gasteiger partial charge in [-0.2, -0.15) is 0 Å². The van der Waals surface area contributed by atoms with Gasteiger partial charge in [-0.05, 0) is 13.0 Å². The van der Waals surface area contributed by atoms with Crippen LogP contribution < -0.4 is 5.32 Å². The molecule has 3 nitrogen and oxygen atoms in total. The second kappa shape index (κ2) is 9.03. The highest BCUT2D eigenvalue weighted by atomic mass is 32.1. The molecule has 1 heterocycles. The zero-order chi connectivity index (χ0) is 13.2. The Kier molecular flexibility index (Phi) is 7.57. The lowest BCUT2D eigenvalue weighted by atomic mass is 10.4. The smallest absolute Gasteiger partial charge is 0.107 e. The number of nitrogens with one attached hydrogen (secondary N) is 1. The van der Waals surface area contributed by atoms with E-state index in [9.17, 15) is 0 Å². The predicted octanol–water partition coefficient (Wildman–Crippen LogP) is 2.82. The van der Waals surface area contributed by atoms with Crippen molar-refractivity contribution >= 4 is 11.3 Å². The molecule has 0 aromatic carbocycles. The Hall–Kier alpha value is -0.970. The summed E-state index contributed by atoms with van der Waals surface area (Å²) in [4.78, 5) is 6.89. The molecule has 0 radical (unpaired) electrons. The van der Waals surface area contributed by atoms with Crippen molar-refractivity contribution in [1.82, 2.24) is 15.2 Å². The number of hydrogen-bond donors (Lipinski definition) is 1. The maximum Gasteiger partial charge on any atom is 0.107 e. The van der Waals surface area contributed by atoms with Gasteiger partial charge in [0.05, 0.1) is 5.69 Å². The van der Waals surface area contributed by atoms with Crippen molar-refractivity contribution in [3.63, 3.8) is 0 Å². The number of thiazole rings is 1. The van der Waals surface area contributed by atoms with E-state index in [2.05, 4.69) is 40.7 Å². The molecule has 0 amide bonds. The van der Waals surface area contributed by atoms with Crippen LogP contribution in [0.4, 0.5) is 0 Å². The maximum atomic E-state index is 4.63. The van der Waals surface area contributed by atoms with Crippen LogP contribution >= 0.6 is 11.3 Å². The van der Waals surface area contributed by atoms with Gasteiger partial charge in [-0.25, -0.2) is 4.98 Å². The van der Waals surface area contributed by atoms with E-state index in [1.54, 1.807) is 11.3 Å². The van der Waals surface area contributed by atoms with Crippen molar-refractivity contribution in [2.45, 2.75) is 26.4 Å². The largest absolute Gasteiger partial charge is 0.310 e. The first-order valence-corrected chi connectivity index (χ1v) is 7.26. The highest BCUT2D eigenvalue weighted by molar-refractivity contribution is 7.09. The SMILES string of the molecule is C=CCN(CC=C)Cc1csc(CNCCC)n1. The van der Waals surface area contributed by atoms with Gasteiger partial charge in [0.25, 0.3) is 0 Å². The zero-order valence-electron chi connectivity index (χ0n) is 11.2. The zero-order valence-corrected chi connectivity index (χ0v) is 12.0. The van der Waals surface area contributed by atoms with Crippen LogP contribution in [0.15, 0.2) is 30.7 Å². The molecule has 18 heavy (non-hydrogen) atoms. The normalized spacial score (nSPS) is 10.8. The average molecular weight is 265 g/mol. The Morgan fingerprint density at radius 1 is 1.39 bits per heavy atom. The predicted molar refractivity (Wildman–Crippen MR) is 79.8 cm³/mol. The van der Waals surface area contributed by atoms with Crippen LogP contribution in [-0.2, 0) is 13.1 Å². The van der Waals surface area contributed by atoms with Crippen molar-refractivity contribution in [2.24, 2.45) is 0 Å². The molecule has 0 fully saturated rings. The summed E-state index contributed by atoms with van der Waals surface area (Å²) in [5.74, 6) is 0. The van der Waals surface area contributed by atoms with E-state index in [0.29, 0.717) is 0 Å². The number of rotatable bonds is 10. The fourth-order valence-electron chi connectivity index (χ4n) is 1.67. The van der Waals surface area contributed by atoms with Crippen molar-refractivity contribution in [3.05, 3.63) is 41.4 Å². The van der Waals surface area contributed by atoms with E-state index in [4.69, 9.17) is 0 Å². The molecule has 100 valence electrons. The van der Waals surface area contributed by atoms with Crippen LogP contribution in [0.2, 0.25) is 0 Å². The molecule has 4 heteroatoms. The van der Waals surface area contributed by atoms with Gasteiger partial charge in [0.2, 0.25) is 0 Å². The molecule has 1 aromatic rings. The first-order valence-electron chi connectivity index (χ1n) is 6.38. The van der Waals surface area contributed by atoms with Crippen molar-refractivity contribution in [1.29, 1.82) is 0 Å². The minimum atomic E-state index is 0.863. The van der Waals surface area contributed by atoms with Crippen molar-refractivity contribution in [3.8, 4) is 0 Å². The first kappa shape index (κ1) is 15.1. The molecular weight excluding hydrogens is 242 g/mol. The molecule has 0 atom stereocenters. The summed E-state index contributed by atoms with van der Waals surface area (Å²) in [6, 6.07) is 0. The summed E-state index contributed by atoms with van der Waals surface area (Å²) >= 11 is 1.73. The Morgan fingerprint density at radius 3 is 2.72 bits per heavy atom. The van der Waals surface area contributed by atoms with Gasteiger partial charge in [-0.3, -0.25) is 4.90 Å².